The predicted molar refractivity (Wildman–Crippen MR) is 108 cm³/mol. The Balaban J connectivity index is 1.93. The first-order chi connectivity index (χ1) is 13.1. The van der Waals surface area contributed by atoms with E-state index >= 15 is 0 Å². The molecule has 0 bridgehead atoms. The van der Waals surface area contributed by atoms with E-state index in [-0.39, 0.29) is 11.7 Å². The van der Waals surface area contributed by atoms with Gasteiger partial charge in [-0.15, -0.1) is 0 Å². The lowest BCUT2D eigenvalue weighted by Crippen LogP contribution is -2.14. The van der Waals surface area contributed by atoms with Crippen LogP contribution in [0.3, 0.4) is 0 Å². The van der Waals surface area contributed by atoms with Gasteiger partial charge in [0.05, 0.1) is 11.1 Å². The minimum atomic E-state index is -0.188. The SMILES string of the molecule is Cc1c(C(=O)c2ccccc2)c2ccccc2n1C(=O)c1ccc(Cl)cc1. The lowest BCUT2D eigenvalue weighted by atomic mass is 10.0. The van der Waals surface area contributed by atoms with Crippen LogP contribution in [0, 0.1) is 6.92 Å². The zero-order valence-electron chi connectivity index (χ0n) is 14.6. The summed E-state index contributed by atoms with van der Waals surface area (Å²) in [4.78, 5) is 26.3. The Hall–Kier alpha value is -3.17. The maximum Gasteiger partial charge on any atom is 0.262 e. The molecule has 132 valence electrons. The van der Waals surface area contributed by atoms with Crippen molar-refractivity contribution in [3.05, 3.63) is 106 Å². The molecule has 0 unspecified atom stereocenters. The number of hydrogen-bond acceptors (Lipinski definition) is 2. The second kappa shape index (κ2) is 6.86. The van der Waals surface area contributed by atoms with E-state index in [2.05, 4.69) is 0 Å². The highest BCUT2D eigenvalue weighted by atomic mass is 35.5. The van der Waals surface area contributed by atoms with Gasteiger partial charge >= 0.3 is 0 Å². The van der Waals surface area contributed by atoms with Crippen LogP contribution in [0.2, 0.25) is 5.02 Å². The summed E-state index contributed by atoms with van der Waals surface area (Å²) in [5, 5.41) is 1.34. The van der Waals surface area contributed by atoms with E-state index < -0.39 is 0 Å². The Morgan fingerprint density at radius 3 is 2.11 bits per heavy atom. The van der Waals surface area contributed by atoms with E-state index in [0.717, 1.165) is 5.39 Å². The average Bonchev–Trinajstić information content (AvgIpc) is 3.00. The third-order valence-electron chi connectivity index (χ3n) is 4.67. The van der Waals surface area contributed by atoms with Crippen molar-refractivity contribution in [2.75, 3.05) is 0 Å². The van der Waals surface area contributed by atoms with Gasteiger partial charge < -0.3 is 0 Å². The topological polar surface area (TPSA) is 39.1 Å². The van der Waals surface area contributed by atoms with Gasteiger partial charge in [-0.05, 0) is 37.3 Å². The van der Waals surface area contributed by atoms with Crippen molar-refractivity contribution < 1.29 is 9.59 Å². The van der Waals surface area contributed by atoms with Crippen LogP contribution in [-0.4, -0.2) is 16.3 Å². The summed E-state index contributed by atoms with van der Waals surface area (Å²) < 4.78 is 1.61. The molecule has 4 rings (SSSR count). The lowest BCUT2D eigenvalue weighted by molar-refractivity contribution is 0.0963. The number of nitrogens with zero attached hydrogens (tertiary/aromatic N) is 1. The number of carbonyl (C=O) groups excluding carboxylic acids is 2. The summed E-state index contributed by atoms with van der Waals surface area (Å²) in [5.41, 5.74) is 3.02. The molecule has 0 atom stereocenters. The van der Waals surface area contributed by atoms with E-state index in [1.807, 2.05) is 49.4 Å². The Morgan fingerprint density at radius 2 is 1.41 bits per heavy atom. The molecular weight excluding hydrogens is 358 g/mol. The van der Waals surface area contributed by atoms with Crippen LogP contribution in [-0.2, 0) is 0 Å². The quantitative estimate of drug-likeness (QED) is 0.443. The summed E-state index contributed by atoms with van der Waals surface area (Å²) in [6, 6.07) is 23.3. The van der Waals surface area contributed by atoms with Crippen LogP contribution < -0.4 is 0 Å². The highest BCUT2D eigenvalue weighted by Gasteiger charge is 2.24. The van der Waals surface area contributed by atoms with E-state index in [0.29, 0.717) is 32.9 Å². The standard InChI is InChI=1S/C23H16ClNO2/c1-15-21(22(26)16-7-3-2-4-8-16)19-9-5-6-10-20(19)25(15)23(27)17-11-13-18(24)14-12-17/h2-14H,1H3. The summed E-state index contributed by atoms with van der Waals surface area (Å²) in [6.45, 7) is 1.81. The van der Waals surface area contributed by atoms with E-state index in [1.165, 1.54) is 0 Å². The summed E-state index contributed by atoms with van der Waals surface area (Å²) in [6.07, 6.45) is 0. The monoisotopic (exact) mass is 373 g/mol. The van der Waals surface area contributed by atoms with Crippen LogP contribution >= 0.6 is 11.6 Å². The Bertz CT molecular complexity index is 1160. The van der Waals surface area contributed by atoms with Gasteiger partial charge in [-0.3, -0.25) is 14.2 Å². The Morgan fingerprint density at radius 1 is 0.778 bits per heavy atom. The molecule has 0 aliphatic carbocycles. The number of fused-ring (bicyclic) bond motifs is 1. The molecule has 0 N–H and O–H groups in total. The fourth-order valence-corrected chi connectivity index (χ4v) is 3.50. The average molecular weight is 374 g/mol. The Labute approximate surface area is 161 Å². The molecular formula is C23H16ClNO2. The highest BCUT2D eigenvalue weighted by Crippen LogP contribution is 2.29. The zero-order chi connectivity index (χ0) is 19.0. The number of benzene rings is 3. The van der Waals surface area contributed by atoms with Gasteiger partial charge in [0.1, 0.15) is 0 Å². The van der Waals surface area contributed by atoms with E-state index in [4.69, 9.17) is 11.6 Å². The second-order valence-electron chi connectivity index (χ2n) is 6.32. The molecule has 4 heteroatoms. The van der Waals surface area contributed by atoms with Gasteiger partial charge in [0.25, 0.3) is 5.91 Å². The van der Waals surface area contributed by atoms with Gasteiger partial charge in [-0.25, -0.2) is 0 Å². The summed E-state index contributed by atoms with van der Waals surface area (Å²) in [7, 11) is 0. The molecule has 3 nitrogen and oxygen atoms in total. The van der Waals surface area contributed by atoms with Crippen molar-refractivity contribution in [3.63, 3.8) is 0 Å². The van der Waals surface area contributed by atoms with Gasteiger partial charge in [-0.2, -0.15) is 0 Å². The van der Waals surface area contributed by atoms with Crippen LogP contribution in [0.1, 0.15) is 32.0 Å². The van der Waals surface area contributed by atoms with Crippen molar-refractivity contribution >= 4 is 34.2 Å². The smallest absolute Gasteiger partial charge is 0.262 e. The molecule has 0 amide bonds. The molecule has 1 aromatic heterocycles. The second-order valence-corrected chi connectivity index (χ2v) is 6.76. The van der Waals surface area contributed by atoms with Crippen molar-refractivity contribution in [1.29, 1.82) is 0 Å². The maximum absolute atomic E-state index is 13.2. The number of para-hydroxylation sites is 1. The van der Waals surface area contributed by atoms with Crippen molar-refractivity contribution in [2.24, 2.45) is 0 Å². The van der Waals surface area contributed by atoms with E-state index in [9.17, 15) is 9.59 Å². The first kappa shape index (κ1) is 17.3. The molecule has 0 aliphatic rings. The van der Waals surface area contributed by atoms with Crippen molar-refractivity contribution in [1.82, 2.24) is 4.57 Å². The van der Waals surface area contributed by atoms with Gasteiger partial charge in [0.15, 0.2) is 5.78 Å². The van der Waals surface area contributed by atoms with Crippen molar-refractivity contribution in [2.45, 2.75) is 6.92 Å². The molecule has 0 saturated heterocycles. The number of halogens is 1. The number of carbonyl (C=O) groups is 2. The highest BCUT2D eigenvalue weighted by molar-refractivity contribution is 6.30. The fourth-order valence-electron chi connectivity index (χ4n) is 3.37. The largest absolute Gasteiger partial charge is 0.289 e. The summed E-state index contributed by atoms with van der Waals surface area (Å²) >= 11 is 5.94. The molecule has 27 heavy (non-hydrogen) atoms. The van der Waals surface area contributed by atoms with Crippen LogP contribution in [0.4, 0.5) is 0 Å². The van der Waals surface area contributed by atoms with Gasteiger partial charge in [0, 0.05) is 27.2 Å². The number of ketones is 1. The number of rotatable bonds is 3. The molecule has 4 aromatic rings. The van der Waals surface area contributed by atoms with Crippen molar-refractivity contribution in [3.8, 4) is 0 Å². The molecule has 0 aliphatic heterocycles. The maximum atomic E-state index is 13.2. The summed E-state index contributed by atoms with van der Waals surface area (Å²) in [5.74, 6) is -0.278. The molecule has 0 radical (unpaired) electrons. The molecule has 0 fully saturated rings. The number of hydrogen-bond donors (Lipinski definition) is 0. The minimum Gasteiger partial charge on any atom is -0.289 e. The zero-order valence-corrected chi connectivity index (χ0v) is 15.4. The van der Waals surface area contributed by atoms with Crippen LogP contribution in [0.25, 0.3) is 10.9 Å². The predicted octanol–water partition coefficient (Wildman–Crippen LogP) is 5.52. The molecule has 3 aromatic carbocycles. The minimum absolute atomic E-state index is 0.0908. The molecule has 0 saturated carbocycles. The Kier molecular flexibility index (Phi) is 4.38. The van der Waals surface area contributed by atoms with Crippen LogP contribution in [0.5, 0.6) is 0 Å². The molecule has 0 spiro atoms. The third kappa shape index (κ3) is 2.96. The molecule has 1 heterocycles. The first-order valence-corrected chi connectivity index (χ1v) is 8.96. The van der Waals surface area contributed by atoms with Gasteiger partial charge in [-0.1, -0.05) is 60.1 Å². The first-order valence-electron chi connectivity index (χ1n) is 8.58. The van der Waals surface area contributed by atoms with Crippen LogP contribution in [0.15, 0.2) is 78.9 Å². The van der Waals surface area contributed by atoms with Gasteiger partial charge in [0.2, 0.25) is 0 Å². The fraction of sp³-hybridized carbons (Fsp3) is 0.0435. The normalized spacial score (nSPS) is 10.9. The third-order valence-corrected chi connectivity index (χ3v) is 4.92. The number of aromatic nitrogens is 1. The lowest BCUT2D eigenvalue weighted by Gasteiger charge is -2.08. The van der Waals surface area contributed by atoms with E-state index in [1.54, 1.807) is 41.0 Å².